The fourth-order valence-corrected chi connectivity index (χ4v) is 3.00. The summed E-state index contributed by atoms with van der Waals surface area (Å²) in [6, 6.07) is 4.48. The quantitative estimate of drug-likeness (QED) is 0.917. The van der Waals surface area contributed by atoms with Gasteiger partial charge in [0.2, 0.25) is 0 Å². The molecule has 1 aliphatic rings. The van der Waals surface area contributed by atoms with Crippen LogP contribution in [-0.4, -0.2) is 39.1 Å². The lowest BCUT2D eigenvalue weighted by molar-refractivity contribution is 0.355. The van der Waals surface area contributed by atoms with Crippen LogP contribution in [0.25, 0.3) is 0 Å². The van der Waals surface area contributed by atoms with Gasteiger partial charge < -0.3 is 10.2 Å². The zero-order valence-electron chi connectivity index (χ0n) is 14.2. The van der Waals surface area contributed by atoms with Gasteiger partial charge >= 0.3 is 0 Å². The topological polar surface area (TPSA) is 58.9 Å². The van der Waals surface area contributed by atoms with Gasteiger partial charge in [-0.15, -0.1) is 5.10 Å². The van der Waals surface area contributed by atoms with Crippen molar-refractivity contribution in [2.24, 2.45) is 0 Å². The van der Waals surface area contributed by atoms with Crippen LogP contribution in [0.3, 0.4) is 0 Å². The summed E-state index contributed by atoms with van der Waals surface area (Å²) in [6.07, 6.45) is 8.21. The van der Waals surface area contributed by atoms with Crippen molar-refractivity contribution in [2.45, 2.75) is 51.7 Å². The van der Waals surface area contributed by atoms with Gasteiger partial charge in [0.25, 0.3) is 0 Å². The van der Waals surface area contributed by atoms with Gasteiger partial charge in [0.15, 0.2) is 5.82 Å². The van der Waals surface area contributed by atoms with E-state index in [2.05, 4.69) is 52.5 Å². The monoisotopic (exact) mass is 314 g/mol. The minimum Gasteiger partial charge on any atom is -0.351 e. The second-order valence-electron chi connectivity index (χ2n) is 7.17. The molecule has 2 aromatic rings. The van der Waals surface area contributed by atoms with E-state index in [4.69, 9.17) is 0 Å². The molecule has 3 heterocycles. The molecule has 0 saturated carbocycles. The maximum Gasteiger partial charge on any atom is 0.151 e. The SMILES string of the molecule is CC(C)(C)n1cc(CNCC2CCCN2c2cccnn2)cn1. The molecule has 0 bridgehead atoms. The van der Waals surface area contributed by atoms with E-state index in [-0.39, 0.29) is 5.54 Å². The molecule has 0 amide bonds. The van der Waals surface area contributed by atoms with Crippen LogP contribution in [0.15, 0.2) is 30.7 Å². The summed E-state index contributed by atoms with van der Waals surface area (Å²) in [5.74, 6) is 0.984. The molecule has 124 valence electrons. The van der Waals surface area contributed by atoms with E-state index in [9.17, 15) is 0 Å². The Balaban J connectivity index is 1.53. The Bertz CT molecular complexity index is 616. The fraction of sp³-hybridized carbons (Fsp3) is 0.588. The molecular formula is C17H26N6. The summed E-state index contributed by atoms with van der Waals surface area (Å²) in [7, 11) is 0. The first kappa shape index (κ1) is 15.9. The molecule has 1 N–H and O–H groups in total. The third-order valence-corrected chi connectivity index (χ3v) is 4.26. The largest absolute Gasteiger partial charge is 0.351 e. The van der Waals surface area contributed by atoms with E-state index >= 15 is 0 Å². The minimum absolute atomic E-state index is 0.0342. The molecule has 0 spiro atoms. The standard InChI is InChI=1S/C17H26N6/c1-17(2,3)23-13-14(11-20-23)10-18-12-15-6-5-9-22(15)16-7-4-8-19-21-16/h4,7-8,11,13,15,18H,5-6,9-10,12H2,1-3H3. The first-order valence-corrected chi connectivity index (χ1v) is 8.33. The van der Waals surface area contributed by atoms with E-state index in [1.54, 1.807) is 6.20 Å². The lowest BCUT2D eigenvalue weighted by atomic mass is 10.1. The van der Waals surface area contributed by atoms with Crippen LogP contribution < -0.4 is 10.2 Å². The highest BCUT2D eigenvalue weighted by molar-refractivity contribution is 5.39. The predicted octanol–water partition coefficient (Wildman–Crippen LogP) is 2.19. The van der Waals surface area contributed by atoms with E-state index < -0.39 is 0 Å². The molecule has 1 fully saturated rings. The molecule has 3 rings (SSSR count). The van der Waals surface area contributed by atoms with Gasteiger partial charge in [-0.05, 0) is 45.7 Å². The zero-order valence-corrected chi connectivity index (χ0v) is 14.2. The van der Waals surface area contributed by atoms with E-state index in [0.29, 0.717) is 6.04 Å². The van der Waals surface area contributed by atoms with Crippen molar-refractivity contribution in [1.82, 2.24) is 25.3 Å². The number of hydrogen-bond acceptors (Lipinski definition) is 5. The first-order valence-electron chi connectivity index (χ1n) is 8.33. The van der Waals surface area contributed by atoms with Gasteiger partial charge in [0.1, 0.15) is 0 Å². The Morgan fingerprint density at radius 3 is 2.91 bits per heavy atom. The van der Waals surface area contributed by atoms with Gasteiger partial charge in [0.05, 0.1) is 11.7 Å². The first-order chi connectivity index (χ1) is 11.0. The van der Waals surface area contributed by atoms with Crippen LogP contribution in [0.2, 0.25) is 0 Å². The van der Waals surface area contributed by atoms with Crippen molar-refractivity contribution in [3.8, 4) is 0 Å². The molecular weight excluding hydrogens is 288 g/mol. The van der Waals surface area contributed by atoms with Gasteiger partial charge in [-0.25, -0.2) is 0 Å². The van der Waals surface area contributed by atoms with Gasteiger partial charge in [0, 0.05) is 43.6 Å². The van der Waals surface area contributed by atoms with Crippen LogP contribution >= 0.6 is 0 Å². The number of anilines is 1. The minimum atomic E-state index is 0.0342. The molecule has 0 radical (unpaired) electrons. The third-order valence-electron chi connectivity index (χ3n) is 4.26. The lowest BCUT2D eigenvalue weighted by Gasteiger charge is -2.25. The molecule has 0 aliphatic carbocycles. The average molecular weight is 314 g/mol. The van der Waals surface area contributed by atoms with E-state index in [0.717, 1.165) is 25.5 Å². The highest BCUT2D eigenvalue weighted by Gasteiger charge is 2.25. The molecule has 1 atom stereocenters. The molecule has 2 aromatic heterocycles. The van der Waals surface area contributed by atoms with Crippen molar-refractivity contribution in [3.05, 3.63) is 36.3 Å². The van der Waals surface area contributed by atoms with Crippen LogP contribution in [0.5, 0.6) is 0 Å². The zero-order chi connectivity index (χ0) is 16.3. The van der Waals surface area contributed by atoms with E-state index in [1.165, 1.54) is 18.4 Å². The number of hydrogen-bond donors (Lipinski definition) is 1. The van der Waals surface area contributed by atoms with Gasteiger partial charge in [-0.2, -0.15) is 10.2 Å². The molecule has 6 heteroatoms. The predicted molar refractivity (Wildman–Crippen MR) is 91.3 cm³/mol. The molecule has 23 heavy (non-hydrogen) atoms. The highest BCUT2D eigenvalue weighted by atomic mass is 15.3. The van der Waals surface area contributed by atoms with Crippen molar-refractivity contribution >= 4 is 5.82 Å². The fourth-order valence-electron chi connectivity index (χ4n) is 3.00. The van der Waals surface area contributed by atoms with Gasteiger partial charge in [-0.1, -0.05) is 0 Å². The number of rotatable bonds is 5. The van der Waals surface area contributed by atoms with Crippen molar-refractivity contribution in [3.63, 3.8) is 0 Å². The summed E-state index contributed by atoms with van der Waals surface area (Å²) in [6.45, 7) is 9.35. The summed E-state index contributed by atoms with van der Waals surface area (Å²) in [5, 5.41) is 16.2. The third kappa shape index (κ3) is 3.88. The summed E-state index contributed by atoms with van der Waals surface area (Å²) >= 11 is 0. The van der Waals surface area contributed by atoms with Crippen molar-refractivity contribution in [1.29, 1.82) is 0 Å². The maximum absolute atomic E-state index is 4.45. The Labute approximate surface area is 137 Å². The average Bonchev–Trinajstić information content (AvgIpc) is 3.17. The Hall–Kier alpha value is -1.95. The van der Waals surface area contributed by atoms with E-state index in [1.807, 2.05) is 23.0 Å². The second-order valence-corrected chi connectivity index (χ2v) is 7.17. The molecule has 6 nitrogen and oxygen atoms in total. The Morgan fingerprint density at radius 2 is 2.22 bits per heavy atom. The smallest absolute Gasteiger partial charge is 0.151 e. The Morgan fingerprint density at radius 1 is 1.35 bits per heavy atom. The summed E-state index contributed by atoms with van der Waals surface area (Å²) in [5.41, 5.74) is 1.26. The Kier molecular flexibility index (Phi) is 4.61. The number of aromatic nitrogens is 4. The van der Waals surface area contributed by atoms with Crippen LogP contribution in [0, 0.1) is 0 Å². The van der Waals surface area contributed by atoms with Crippen LogP contribution in [0.4, 0.5) is 5.82 Å². The molecule has 1 saturated heterocycles. The maximum atomic E-state index is 4.45. The summed E-state index contributed by atoms with van der Waals surface area (Å²) < 4.78 is 2.02. The van der Waals surface area contributed by atoms with Crippen molar-refractivity contribution < 1.29 is 0 Å². The highest BCUT2D eigenvalue weighted by Crippen LogP contribution is 2.22. The van der Waals surface area contributed by atoms with Crippen molar-refractivity contribution in [2.75, 3.05) is 18.0 Å². The summed E-state index contributed by atoms with van der Waals surface area (Å²) in [4.78, 5) is 2.36. The molecule has 0 aromatic carbocycles. The molecule has 1 aliphatic heterocycles. The lowest BCUT2D eigenvalue weighted by Crippen LogP contribution is -2.38. The van der Waals surface area contributed by atoms with Gasteiger partial charge in [-0.3, -0.25) is 4.68 Å². The number of nitrogens with one attached hydrogen (secondary N) is 1. The number of nitrogens with zero attached hydrogens (tertiary/aromatic N) is 5. The molecule has 1 unspecified atom stereocenters. The van der Waals surface area contributed by atoms with Crippen LogP contribution in [-0.2, 0) is 12.1 Å². The second kappa shape index (κ2) is 6.66. The van der Waals surface area contributed by atoms with Crippen LogP contribution in [0.1, 0.15) is 39.2 Å². The normalized spacial score (nSPS) is 18.6.